The Hall–Kier alpha value is -4.54. The molecule has 4 aromatic rings. The van der Waals surface area contributed by atoms with Gasteiger partial charge in [0.15, 0.2) is 0 Å². The fraction of sp³-hybridized carbons (Fsp3) is 0.382. The van der Waals surface area contributed by atoms with Gasteiger partial charge in [-0.15, -0.1) is 0 Å². The summed E-state index contributed by atoms with van der Waals surface area (Å²) in [4.78, 5) is 31.4. The number of nitrogens with zero attached hydrogens (tertiary/aromatic N) is 3. The number of amides is 1. The number of halogens is 3. The van der Waals surface area contributed by atoms with Gasteiger partial charge in [-0.1, -0.05) is 18.2 Å². The molecule has 238 valence electrons. The monoisotopic (exact) mass is 623 g/mol. The van der Waals surface area contributed by atoms with E-state index in [2.05, 4.69) is 0 Å². The minimum atomic E-state index is -4.51. The highest BCUT2D eigenvalue weighted by Crippen LogP contribution is 2.35. The first kappa shape index (κ1) is 31.9. The third-order valence-corrected chi connectivity index (χ3v) is 7.55. The van der Waals surface area contributed by atoms with Gasteiger partial charge in [0.25, 0.3) is 0 Å². The average Bonchev–Trinajstić information content (AvgIpc) is 3.41. The molecule has 0 saturated heterocycles. The van der Waals surface area contributed by atoms with E-state index in [1.54, 1.807) is 27.8 Å². The topological polar surface area (TPSA) is 82.9 Å². The van der Waals surface area contributed by atoms with E-state index in [1.807, 2.05) is 51.1 Å². The van der Waals surface area contributed by atoms with Gasteiger partial charge in [0, 0.05) is 35.8 Å². The van der Waals surface area contributed by atoms with E-state index in [-0.39, 0.29) is 6.42 Å². The molecule has 0 radical (unpaired) electrons. The second-order valence-electron chi connectivity index (χ2n) is 12.0. The van der Waals surface area contributed by atoms with E-state index in [1.165, 1.54) is 13.2 Å². The number of carbonyl (C=O) groups is 2. The largest absolute Gasteiger partial charge is 0.493 e. The molecule has 2 aromatic heterocycles. The quantitative estimate of drug-likeness (QED) is 0.189. The Morgan fingerprint density at radius 3 is 2.56 bits per heavy atom. The molecule has 1 aliphatic heterocycles. The lowest BCUT2D eigenvalue weighted by molar-refractivity contribution is -0.141. The number of esters is 1. The Morgan fingerprint density at radius 1 is 1.02 bits per heavy atom. The number of anilines is 1. The first-order chi connectivity index (χ1) is 21.3. The summed E-state index contributed by atoms with van der Waals surface area (Å²) in [5, 5.41) is 0.800. The molecule has 0 bridgehead atoms. The highest BCUT2D eigenvalue weighted by molar-refractivity contribution is 5.88. The minimum Gasteiger partial charge on any atom is -0.493 e. The van der Waals surface area contributed by atoms with Crippen LogP contribution in [0, 0.1) is 0 Å². The predicted molar refractivity (Wildman–Crippen MR) is 163 cm³/mol. The maximum absolute atomic E-state index is 13.5. The lowest BCUT2D eigenvalue weighted by Crippen LogP contribution is -2.40. The van der Waals surface area contributed by atoms with Crippen LogP contribution in [0.1, 0.15) is 62.0 Å². The first-order valence-corrected chi connectivity index (χ1v) is 14.8. The number of fused-ring (bicyclic) bond motifs is 2. The van der Waals surface area contributed by atoms with Crippen LogP contribution in [-0.4, -0.2) is 47.5 Å². The van der Waals surface area contributed by atoms with Crippen LogP contribution in [0.4, 0.5) is 23.8 Å². The van der Waals surface area contributed by atoms with Crippen LogP contribution in [0.3, 0.4) is 0 Å². The Morgan fingerprint density at radius 2 is 1.82 bits per heavy atom. The van der Waals surface area contributed by atoms with Crippen molar-refractivity contribution in [2.45, 2.75) is 64.3 Å². The molecule has 1 aliphatic rings. The molecule has 0 aliphatic carbocycles. The van der Waals surface area contributed by atoms with Crippen LogP contribution >= 0.6 is 0 Å². The van der Waals surface area contributed by atoms with E-state index in [9.17, 15) is 22.8 Å². The van der Waals surface area contributed by atoms with Crippen molar-refractivity contribution >= 4 is 28.8 Å². The van der Waals surface area contributed by atoms with Crippen LogP contribution in [-0.2, 0) is 33.3 Å². The van der Waals surface area contributed by atoms with E-state index < -0.39 is 35.4 Å². The highest BCUT2D eigenvalue weighted by Gasteiger charge is 2.32. The Labute approximate surface area is 259 Å². The minimum absolute atomic E-state index is 0.140. The summed E-state index contributed by atoms with van der Waals surface area (Å²) in [6, 6.07) is 15.5. The summed E-state index contributed by atoms with van der Waals surface area (Å²) in [5.41, 5.74) is 1.46. The van der Waals surface area contributed by atoms with Crippen molar-refractivity contribution in [1.29, 1.82) is 0 Å². The molecule has 8 nitrogen and oxygen atoms in total. The van der Waals surface area contributed by atoms with Crippen LogP contribution in [0.15, 0.2) is 66.9 Å². The predicted octanol–water partition coefficient (Wildman–Crippen LogP) is 7.52. The van der Waals surface area contributed by atoms with Gasteiger partial charge in [-0.2, -0.15) is 13.2 Å². The van der Waals surface area contributed by atoms with E-state index in [4.69, 9.17) is 19.2 Å². The van der Waals surface area contributed by atoms with Crippen molar-refractivity contribution in [1.82, 2.24) is 9.55 Å². The van der Waals surface area contributed by atoms with Crippen molar-refractivity contribution in [2.24, 2.45) is 0 Å². The number of hydrogen-bond acceptors (Lipinski definition) is 6. The molecule has 1 atom stereocenters. The Balaban J connectivity index is 1.31. The zero-order valence-electron chi connectivity index (χ0n) is 25.7. The van der Waals surface area contributed by atoms with E-state index in [0.29, 0.717) is 36.7 Å². The molecule has 0 spiro atoms. The third-order valence-electron chi connectivity index (χ3n) is 7.55. The number of aryl methyl sites for hydroxylation is 1. The second kappa shape index (κ2) is 12.8. The Kier molecular flexibility index (Phi) is 9.08. The maximum atomic E-state index is 13.5. The van der Waals surface area contributed by atoms with Crippen LogP contribution in [0.2, 0.25) is 0 Å². The van der Waals surface area contributed by atoms with Gasteiger partial charge in [0.05, 0.1) is 31.7 Å². The summed E-state index contributed by atoms with van der Waals surface area (Å²) >= 11 is 0. The number of rotatable bonds is 8. The van der Waals surface area contributed by atoms with Crippen LogP contribution in [0.25, 0.3) is 10.9 Å². The smallest absolute Gasteiger partial charge is 0.416 e. The molecule has 3 heterocycles. The van der Waals surface area contributed by atoms with Gasteiger partial charge in [-0.25, -0.2) is 9.78 Å². The molecular formula is C34H36F3N3O5. The summed E-state index contributed by atoms with van der Waals surface area (Å²) in [7, 11) is 1.25. The molecule has 0 fully saturated rings. The van der Waals surface area contributed by atoms with E-state index >= 15 is 0 Å². The van der Waals surface area contributed by atoms with Crippen molar-refractivity contribution in [3.63, 3.8) is 0 Å². The van der Waals surface area contributed by atoms with Crippen LogP contribution in [0.5, 0.6) is 5.75 Å². The molecule has 1 amide bonds. The van der Waals surface area contributed by atoms with Gasteiger partial charge < -0.3 is 18.8 Å². The number of hydrogen-bond donors (Lipinski definition) is 0. The van der Waals surface area contributed by atoms with Gasteiger partial charge in [0.1, 0.15) is 17.2 Å². The SMILES string of the molecule is COC(=O)CC(c1cccc(C(F)(F)F)c1)n1ccc2cc(OCCc3ccc4c(n3)N(C(=O)OC(C)(C)C)CCC4)ccc21. The fourth-order valence-electron chi connectivity index (χ4n) is 5.43. The van der Waals surface area contributed by atoms with Gasteiger partial charge in [-0.05, 0) is 87.2 Å². The third kappa shape index (κ3) is 7.58. The normalized spacial score (nSPS) is 14.2. The van der Waals surface area contributed by atoms with Crippen molar-refractivity contribution in [3.05, 3.63) is 89.2 Å². The molecule has 0 saturated carbocycles. The summed E-state index contributed by atoms with van der Waals surface area (Å²) in [5.74, 6) is 0.694. The van der Waals surface area contributed by atoms with Gasteiger partial charge >= 0.3 is 18.2 Å². The average molecular weight is 624 g/mol. The molecular weight excluding hydrogens is 587 g/mol. The standard InChI is InChI=1S/C34H36F3N3O5/c1-33(2,3)45-32(42)40-16-6-8-22-10-11-26(38-31(22)40)15-18-44-27-12-13-28-24(20-27)14-17-39(28)29(21-30(41)43-4)23-7-5-9-25(19-23)34(35,36)37/h5,7,9-14,17,19-20,29H,6,8,15-16,18,21H2,1-4H3. The van der Waals surface area contributed by atoms with Crippen LogP contribution < -0.4 is 9.64 Å². The highest BCUT2D eigenvalue weighted by atomic mass is 19.4. The summed E-state index contributed by atoms with van der Waals surface area (Å²) in [6.07, 6.45) is -1.13. The van der Waals surface area contributed by atoms with Gasteiger partial charge in [0.2, 0.25) is 0 Å². The van der Waals surface area contributed by atoms with Crippen molar-refractivity contribution < 1.29 is 37.0 Å². The van der Waals surface area contributed by atoms with Crippen molar-refractivity contribution in [2.75, 3.05) is 25.2 Å². The lowest BCUT2D eigenvalue weighted by atomic mass is 10.0. The molecule has 0 N–H and O–H groups in total. The Bertz CT molecular complexity index is 1690. The maximum Gasteiger partial charge on any atom is 0.416 e. The number of pyridine rings is 1. The zero-order valence-corrected chi connectivity index (χ0v) is 25.7. The number of aromatic nitrogens is 2. The zero-order chi connectivity index (χ0) is 32.4. The molecule has 1 unspecified atom stereocenters. The number of carbonyl (C=O) groups excluding carboxylic acids is 2. The lowest BCUT2D eigenvalue weighted by Gasteiger charge is -2.31. The van der Waals surface area contributed by atoms with Gasteiger partial charge in [-0.3, -0.25) is 9.69 Å². The first-order valence-electron chi connectivity index (χ1n) is 14.8. The summed E-state index contributed by atoms with van der Waals surface area (Å²) in [6.45, 7) is 6.38. The molecule has 45 heavy (non-hydrogen) atoms. The number of alkyl halides is 3. The molecule has 11 heteroatoms. The van der Waals surface area contributed by atoms with E-state index in [0.717, 1.165) is 47.1 Å². The number of methoxy groups -OCH3 is 1. The summed E-state index contributed by atoms with van der Waals surface area (Å²) < 4.78 is 58.6. The fourth-order valence-corrected chi connectivity index (χ4v) is 5.43. The number of benzene rings is 2. The molecule has 5 rings (SSSR count). The number of ether oxygens (including phenoxy) is 3. The van der Waals surface area contributed by atoms with Crippen molar-refractivity contribution in [3.8, 4) is 5.75 Å². The molecule has 2 aromatic carbocycles. The second-order valence-corrected chi connectivity index (χ2v) is 12.0.